The highest BCUT2D eigenvalue weighted by Gasteiger charge is 2.46. The van der Waals surface area contributed by atoms with Crippen LogP contribution in [0.5, 0.6) is 0 Å². The molecule has 1 amide bonds. The molecule has 2 saturated heterocycles. The Hall–Kier alpha value is -2.18. The highest BCUT2D eigenvalue weighted by Crippen LogP contribution is 2.37. The molecule has 0 unspecified atom stereocenters. The average molecular weight is 440 g/mol. The molecule has 0 bridgehead atoms. The molecule has 1 spiro atoms. The number of benzene rings is 2. The van der Waals surface area contributed by atoms with Crippen LogP contribution in [0.15, 0.2) is 42.5 Å². The van der Waals surface area contributed by atoms with Gasteiger partial charge in [0.25, 0.3) is 0 Å². The van der Waals surface area contributed by atoms with Crippen LogP contribution in [0, 0.1) is 0 Å². The van der Waals surface area contributed by atoms with Gasteiger partial charge in [-0.2, -0.15) is 0 Å². The Labute approximate surface area is 184 Å². The van der Waals surface area contributed by atoms with E-state index in [2.05, 4.69) is 47.8 Å². The van der Waals surface area contributed by atoms with E-state index in [1.165, 1.54) is 27.8 Å². The second-order valence-electron chi connectivity index (χ2n) is 9.31. The van der Waals surface area contributed by atoms with Gasteiger partial charge in [-0.05, 0) is 66.3 Å². The number of amides is 1. The van der Waals surface area contributed by atoms with E-state index < -0.39 is 15.4 Å². The first-order chi connectivity index (χ1) is 14.9. The summed E-state index contributed by atoms with van der Waals surface area (Å²) >= 11 is 0. The van der Waals surface area contributed by atoms with Gasteiger partial charge in [0, 0.05) is 19.1 Å². The minimum atomic E-state index is -3.01. The normalized spacial score (nSPS) is 25.9. The first-order valence-corrected chi connectivity index (χ1v) is 13.1. The number of sulfone groups is 1. The molecule has 2 fully saturated rings. The maximum absolute atomic E-state index is 12.5. The minimum Gasteiger partial charge on any atom is -0.374 e. The van der Waals surface area contributed by atoms with Crippen molar-refractivity contribution < 1.29 is 17.9 Å². The summed E-state index contributed by atoms with van der Waals surface area (Å²) in [7, 11) is -3.01. The van der Waals surface area contributed by atoms with Crippen LogP contribution in [0.25, 0.3) is 11.1 Å². The van der Waals surface area contributed by atoms with Crippen molar-refractivity contribution in [1.82, 2.24) is 5.32 Å². The van der Waals surface area contributed by atoms with Crippen LogP contribution in [0.2, 0.25) is 0 Å². The minimum absolute atomic E-state index is 0.00560. The van der Waals surface area contributed by atoms with Crippen LogP contribution in [0.4, 0.5) is 0 Å². The molecule has 0 saturated carbocycles. The summed E-state index contributed by atoms with van der Waals surface area (Å²) < 4.78 is 29.6. The Morgan fingerprint density at radius 2 is 1.97 bits per heavy atom. The summed E-state index contributed by atoms with van der Waals surface area (Å²) in [6, 6.07) is 15.3. The van der Waals surface area contributed by atoms with Crippen molar-refractivity contribution in [3.8, 4) is 11.1 Å². The molecule has 2 aromatic rings. The second kappa shape index (κ2) is 8.06. The first kappa shape index (κ1) is 20.7. The van der Waals surface area contributed by atoms with E-state index in [-0.39, 0.29) is 23.5 Å². The van der Waals surface area contributed by atoms with E-state index in [9.17, 15) is 13.2 Å². The molecular weight excluding hydrogens is 410 g/mol. The zero-order valence-corrected chi connectivity index (χ0v) is 18.5. The van der Waals surface area contributed by atoms with Gasteiger partial charge in [0.15, 0.2) is 9.84 Å². The van der Waals surface area contributed by atoms with Gasteiger partial charge in [-0.25, -0.2) is 8.42 Å². The number of ether oxygens (including phenoxy) is 1. The number of aryl methyl sites for hydroxylation is 1. The van der Waals surface area contributed by atoms with Crippen molar-refractivity contribution in [2.75, 3.05) is 18.1 Å². The molecule has 2 atom stereocenters. The van der Waals surface area contributed by atoms with Gasteiger partial charge in [-0.15, -0.1) is 0 Å². The van der Waals surface area contributed by atoms with E-state index in [1.807, 2.05) is 0 Å². The molecule has 2 aliphatic heterocycles. The van der Waals surface area contributed by atoms with Crippen LogP contribution in [-0.2, 0) is 32.2 Å². The maximum atomic E-state index is 12.5. The third-order valence-corrected chi connectivity index (χ3v) is 8.73. The molecule has 5 nitrogen and oxygen atoms in total. The number of fused-ring (bicyclic) bond motifs is 3. The number of nitrogens with one attached hydrogen (secondary N) is 1. The first-order valence-electron chi connectivity index (χ1n) is 11.3. The molecule has 0 aromatic heterocycles. The summed E-state index contributed by atoms with van der Waals surface area (Å²) in [6.07, 6.45) is 5.05. The molecule has 2 heterocycles. The molecule has 0 radical (unpaired) electrons. The lowest BCUT2D eigenvalue weighted by molar-refractivity contribution is -0.124. The van der Waals surface area contributed by atoms with Crippen molar-refractivity contribution in [1.29, 1.82) is 0 Å². The van der Waals surface area contributed by atoms with Crippen LogP contribution < -0.4 is 5.32 Å². The van der Waals surface area contributed by atoms with Gasteiger partial charge >= 0.3 is 0 Å². The number of hydrogen-bond acceptors (Lipinski definition) is 4. The largest absolute Gasteiger partial charge is 0.374 e. The Kier molecular flexibility index (Phi) is 5.39. The zero-order chi connectivity index (χ0) is 21.5. The molecule has 3 aliphatic rings. The van der Waals surface area contributed by atoms with E-state index in [4.69, 9.17) is 4.74 Å². The zero-order valence-electron chi connectivity index (χ0n) is 17.7. The topological polar surface area (TPSA) is 72.5 Å². The molecule has 1 aliphatic carbocycles. The second-order valence-corrected chi connectivity index (χ2v) is 11.5. The van der Waals surface area contributed by atoms with Crippen LogP contribution >= 0.6 is 0 Å². The van der Waals surface area contributed by atoms with Crippen molar-refractivity contribution in [2.45, 2.75) is 56.6 Å². The predicted octanol–water partition coefficient (Wildman–Crippen LogP) is 3.43. The molecule has 1 N–H and O–H groups in total. The standard InChI is InChI=1S/C25H29NO4S/c27-24(26-21-10-12-30-25(16-21)11-13-31(28,29)17-25)7-3-4-18-8-9-20-15-19-5-1-2-6-22(19)23(20)14-18/h1-2,5-6,8-9,14,21H,3-4,7,10-13,15-17H2,(H,26,27)/t21-,25-/m0/s1. The lowest BCUT2D eigenvalue weighted by atomic mass is 9.90. The third-order valence-electron chi connectivity index (χ3n) is 6.94. The number of hydrogen-bond donors (Lipinski definition) is 1. The highest BCUT2D eigenvalue weighted by molar-refractivity contribution is 7.91. The molecule has 164 valence electrons. The number of carbonyl (C=O) groups is 1. The van der Waals surface area contributed by atoms with Crippen LogP contribution in [0.1, 0.15) is 48.8 Å². The SMILES string of the molecule is O=C(CCCc1ccc2c(c1)-c1ccccc1C2)N[C@H]1CCO[C@@]2(CCS(=O)(=O)C2)C1. The van der Waals surface area contributed by atoms with Crippen molar-refractivity contribution in [2.24, 2.45) is 0 Å². The fraction of sp³-hybridized carbons (Fsp3) is 0.480. The van der Waals surface area contributed by atoms with E-state index in [0.29, 0.717) is 25.9 Å². The Morgan fingerprint density at radius 1 is 1.13 bits per heavy atom. The third kappa shape index (κ3) is 4.41. The average Bonchev–Trinajstić information content (AvgIpc) is 3.24. The highest BCUT2D eigenvalue weighted by atomic mass is 32.2. The lowest BCUT2D eigenvalue weighted by Crippen LogP contribution is -2.49. The summed E-state index contributed by atoms with van der Waals surface area (Å²) in [6.45, 7) is 0.511. The maximum Gasteiger partial charge on any atom is 0.220 e. The molecule has 5 rings (SSSR count). The summed E-state index contributed by atoms with van der Waals surface area (Å²) in [5.41, 5.74) is 6.11. The van der Waals surface area contributed by atoms with Crippen molar-refractivity contribution >= 4 is 15.7 Å². The monoisotopic (exact) mass is 439 g/mol. The Bertz CT molecular complexity index is 1110. The quantitative estimate of drug-likeness (QED) is 0.661. The van der Waals surface area contributed by atoms with Crippen LogP contribution in [0.3, 0.4) is 0 Å². The molecule has 6 heteroatoms. The number of carbonyl (C=O) groups excluding carboxylic acids is 1. The van der Waals surface area contributed by atoms with E-state index in [1.54, 1.807) is 0 Å². The van der Waals surface area contributed by atoms with Gasteiger partial charge in [-0.3, -0.25) is 4.79 Å². The lowest BCUT2D eigenvalue weighted by Gasteiger charge is -2.37. The van der Waals surface area contributed by atoms with Crippen molar-refractivity contribution in [3.05, 3.63) is 59.2 Å². The summed E-state index contributed by atoms with van der Waals surface area (Å²) in [4.78, 5) is 12.5. The van der Waals surface area contributed by atoms with Gasteiger partial charge < -0.3 is 10.1 Å². The Balaban J connectivity index is 1.13. The molecule has 31 heavy (non-hydrogen) atoms. The predicted molar refractivity (Wildman–Crippen MR) is 121 cm³/mol. The smallest absolute Gasteiger partial charge is 0.220 e. The Morgan fingerprint density at radius 3 is 2.81 bits per heavy atom. The van der Waals surface area contributed by atoms with Gasteiger partial charge in [0.1, 0.15) is 0 Å². The van der Waals surface area contributed by atoms with Crippen LogP contribution in [-0.4, -0.2) is 44.1 Å². The number of rotatable bonds is 5. The van der Waals surface area contributed by atoms with Gasteiger partial charge in [0.2, 0.25) is 5.91 Å². The van der Waals surface area contributed by atoms with E-state index >= 15 is 0 Å². The summed E-state index contributed by atoms with van der Waals surface area (Å²) in [5, 5.41) is 3.12. The summed E-state index contributed by atoms with van der Waals surface area (Å²) in [5.74, 6) is 0.335. The van der Waals surface area contributed by atoms with Crippen molar-refractivity contribution in [3.63, 3.8) is 0 Å². The molecular formula is C25H29NO4S. The fourth-order valence-electron chi connectivity index (χ4n) is 5.39. The fourth-order valence-corrected chi connectivity index (χ4v) is 7.37. The van der Waals surface area contributed by atoms with E-state index in [0.717, 1.165) is 25.7 Å². The molecule has 2 aromatic carbocycles. The van der Waals surface area contributed by atoms with Gasteiger partial charge in [0.05, 0.1) is 17.1 Å². The van der Waals surface area contributed by atoms with Gasteiger partial charge in [-0.1, -0.05) is 42.5 Å².